The van der Waals surface area contributed by atoms with E-state index < -0.39 is 0 Å². The molecule has 0 saturated heterocycles. The summed E-state index contributed by atoms with van der Waals surface area (Å²) in [6, 6.07) is 13.2. The van der Waals surface area contributed by atoms with Crippen LogP contribution in [-0.2, 0) is 6.42 Å². The van der Waals surface area contributed by atoms with Gasteiger partial charge in [-0.3, -0.25) is 0 Å². The second kappa shape index (κ2) is 4.16. The van der Waals surface area contributed by atoms with Gasteiger partial charge in [-0.2, -0.15) is 0 Å². The Bertz CT molecular complexity index is 414. The molecular weight excluding hydrogens is 212 g/mol. The van der Waals surface area contributed by atoms with E-state index in [1.165, 1.54) is 15.3 Å². The number of rotatable bonds is 2. The zero-order valence-corrected chi connectivity index (χ0v) is 9.45. The number of hydrogen-bond donors (Lipinski definition) is 0. The minimum Gasteiger partial charge on any atom is -0.140 e. The van der Waals surface area contributed by atoms with Crippen LogP contribution in [-0.4, -0.2) is 0 Å². The zero-order valence-electron chi connectivity index (χ0n) is 7.88. The number of halogens is 1. The molecule has 0 aliphatic carbocycles. The lowest BCUT2D eigenvalue weighted by Crippen LogP contribution is -1.70. The van der Waals surface area contributed by atoms with Gasteiger partial charge in [-0.1, -0.05) is 30.7 Å². The van der Waals surface area contributed by atoms with Crippen LogP contribution < -0.4 is 0 Å². The molecule has 1 aromatic heterocycles. The smallest absolute Gasteiger partial charge is 0.0406 e. The highest BCUT2D eigenvalue weighted by molar-refractivity contribution is 7.15. The molecular formula is C12H10ClS. The molecule has 0 nitrogen and oxygen atoms in total. The fourth-order valence-corrected chi connectivity index (χ4v) is 2.29. The fourth-order valence-electron chi connectivity index (χ4n) is 1.27. The summed E-state index contributed by atoms with van der Waals surface area (Å²) in [5, 5.41) is 0.782. The van der Waals surface area contributed by atoms with Crippen molar-refractivity contribution in [3.05, 3.63) is 46.3 Å². The Labute approximate surface area is 93.2 Å². The summed E-state index contributed by atoms with van der Waals surface area (Å²) < 4.78 is 0. The number of thiophene rings is 1. The molecule has 0 N–H and O–H groups in total. The Morgan fingerprint density at radius 1 is 1.29 bits per heavy atom. The first-order valence-corrected chi connectivity index (χ1v) is 5.75. The number of benzene rings is 1. The lowest BCUT2D eigenvalue weighted by molar-refractivity contribution is 1.18. The van der Waals surface area contributed by atoms with Crippen molar-refractivity contribution in [3.63, 3.8) is 0 Å². The van der Waals surface area contributed by atoms with E-state index in [4.69, 9.17) is 11.6 Å². The average molecular weight is 222 g/mol. The normalized spacial score (nSPS) is 10.4. The van der Waals surface area contributed by atoms with Gasteiger partial charge in [0, 0.05) is 14.8 Å². The third-order valence-corrected chi connectivity index (χ3v) is 3.53. The predicted octanol–water partition coefficient (Wildman–Crippen LogP) is 4.43. The van der Waals surface area contributed by atoms with E-state index in [0.29, 0.717) is 0 Å². The first kappa shape index (κ1) is 9.75. The molecule has 0 aliphatic heterocycles. The van der Waals surface area contributed by atoms with Crippen molar-refractivity contribution >= 4 is 22.9 Å². The van der Waals surface area contributed by atoms with Crippen LogP contribution in [0, 0.1) is 6.07 Å². The molecule has 0 aliphatic rings. The Hall–Kier alpha value is -0.790. The van der Waals surface area contributed by atoms with Crippen LogP contribution in [0.15, 0.2) is 30.3 Å². The van der Waals surface area contributed by atoms with E-state index in [9.17, 15) is 0 Å². The van der Waals surface area contributed by atoms with Gasteiger partial charge in [0.05, 0.1) is 0 Å². The highest BCUT2D eigenvalue weighted by Crippen LogP contribution is 2.28. The van der Waals surface area contributed by atoms with E-state index in [2.05, 4.69) is 13.0 Å². The lowest BCUT2D eigenvalue weighted by atomic mass is 10.2. The zero-order chi connectivity index (χ0) is 9.97. The minimum atomic E-state index is 0.782. The van der Waals surface area contributed by atoms with Gasteiger partial charge in [0.1, 0.15) is 0 Å². The maximum atomic E-state index is 5.83. The molecule has 14 heavy (non-hydrogen) atoms. The van der Waals surface area contributed by atoms with Crippen LogP contribution in [0.3, 0.4) is 0 Å². The van der Waals surface area contributed by atoms with E-state index in [-0.39, 0.29) is 0 Å². The topological polar surface area (TPSA) is 0 Å². The van der Waals surface area contributed by atoms with E-state index >= 15 is 0 Å². The van der Waals surface area contributed by atoms with Crippen molar-refractivity contribution in [2.24, 2.45) is 0 Å². The molecule has 0 atom stereocenters. The average Bonchev–Trinajstić information content (AvgIpc) is 2.67. The molecule has 1 aromatic carbocycles. The van der Waals surface area contributed by atoms with Crippen LogP contribution >= 0.6 is 22.9 Å². The first-order valence-electron chi connectivity index (χ1n) is 4.56. The van der Waals surface area contributed by atoms with E-state index in [1.54, 1.807) is 11.3 Å². The summed E-state index contributed by atoms with van der Waals surface area (Å²) in [5.74, 6) is 0. The second-order valence-corrected chi connectivity index (χ2v) is 4.61. The van der Waals surface area contributed by atoms with Crippen molar-refractivity contribution in [1.82, 2.24) is 0 Å². The van der Waals surface area contributed by atoms with Crippen molar-refractivity contribution in [2.75, 3.05) is 0 Å². The van der Waals surface area contributed by atoms with Crippen LogP contribution in [0.2, 0.25) is 5.02 Å². The monoisotopic (exact) mass is 221 g/mol. The van der Waals surface area contributed by atoms with Crippen molar-refractivity contribution < 1.29 is 0 Å². The number of aryl methyl sites for hydroxylation is 1. The molecule has 1 radical (unpaired) electrons. The van der Waals surface area contributed by atoms with Crippen molar-refractivity contribution in [3.8, 4) is 10.4 Å². The highest BCUT2D eigenvalue weighted by atomic mass is 35.5. The van der Waals surface area contributed by atoms with Crippen LogP contribution in [0.4, 0.5) is 0 Å². The summed E-state index contributed by atoms with van der Waals surface area (Å²) in [4.78, 5) is 2.56. The molecule has 0 bridgehead atoms. The van der Waals surface area contributed by atoms with Gasteiger partial charge < -0.3 is 0 Å². The Morgan fingerprint density at radius 2 is 2.00 bits per heavy atom. The summed E-state index contributed by atoms with van der Waals surface area (Å²) in [6.45, 7) is 2.15. The fraction of sp³-hybridized carbons (Fsp3) is 0.167. The number of hydrogen-bond acceptors (Lipinski definition) is 1. The summed E-state index contributed by atoms with van der Waals surface area (Å²) >= 11 is 7.62. The highest BCUT2D eigenvalue weighted by Gasteiger charge is 2.01. The van der Waals surface area contributed by atoms with Gasteiger partial charge in [0.15, 0.2) is 0 Å². The Balaban J connectivity index is 2.34. The van der Waals surface area contributed by atoms with E-state index in [1.807, 2.05) is 30.3 Å². The van der Waals surface area contributed by atoms with Crippen molar-refractivity contribution in [1.29, 1.82) is 0 Å². The maximum absolute atomic E-state index is 5.83. The molecule has 0 unspecified atom stereocenters. The molecule has 71 valence electrons. The van der Waals surface area contributed by atoms with E-state index in [0.717, 1.165) is 11.4 Å². The van der Waals surface area contributed by atoms with Gasteiger partial charge >= 0.3 is 0 Å². The summed E-state index contributed by atoms with van der Waals surface area (Å²) in [5.41, 5.74) is 1.22. The maximum Gasteiger partial charge on any atom is 0.0406 e. The van der Waals surface area contributed by atoms with Gasteiger partial charge in [0.2, 0.25) is 0 Å². The van der Waals surface area contributed by atoms with Crippen LogP contribution in [0.1, 0.15) is 11.8 Å². The molecule has 2 aromatic rings. The molecule has 2 rings (SSSR count). The van der Waals surface area contributed by atoms with Crippen LogP contribution in [0.25, 0.3) is 10.4 Å². The van der Waals surface area contributed by atoms with Gasteiger partial charge in [-0.25, -0.2) is 0 Å². The largest absolute Gasteiger partial charge is 0.140 e. The predicted molar refractivity (Wildman–Crippen MR) is 63.0 cm³/mol. The van der Waals surface area contributed by atoms with Gasteiger partial charge in [0.25, 0.3) is 0 Å². The third-order valence-electron chi connectivity index (χ3n) is 2.05. The van der Waals surface area contributed by atoms with Gasteiger partial charge in [-0.15, -0.1) is 11.3 Å². The SMILES string of the molecule is CCc1[c]cc(-c2ccc(Cl)cc2)s1. The first-order chi connectivity index (χ1) is 6.79. The summed E-state index contributed by atoms with van der Waals surface area (Å²) in [7, 11) is 0. The second-order valence-electron chi connectivity index (χ2n) is 3.04. The van der Waals surface area contributed by atoms with Crippen LogP contribution in [0.5, 0.6) is 0 Å². The molecule has 0 saturated carbocycles. The Kier molecular flexibility index (Phi) is 2.90. The lowest BCUT2D eigenvalue weighted by Gasteiger charge is -1.96. The van der Waals surface area contributed by atoms with Crippen molar-refractivity contribution in [2.45, 2.75) is 13.3 Å². The molecule has 0 spiro atoms. The third kappa shape index (κ3) is 1.99. The quantitative estimate of drug-likeness (QED) is 0.704. The molecule has 2 heteroatoms. The summed E-state index contributed by atoms with van der Waals surface area (Å²) in [6.07, 6.45) is 1.05. The molecule has 0 amide bonds. The molecule has 1 heterocycles. The standard InChI is InChI=1S/C12H10ClS/c1-2-11-7-8-12(14-11)9-3-5-10(13)6-4-9/h3-6,8H,2H2,1H3. The molecule has 0 fully saturated rings. The van der Waals surface area contributed by atoms with Gasteiger partial charge in [-0.05, 0) is 36.2 Å². The Morgan fingerprint density at radius 3 is 2.57 bits per heavy atom. The minimum absolute atomic E-state index is 0.782.